The summed E-state index contributed by atoms with van der Waals surface area (Å²) in [7, 11) is 0. The Morgan fingerprint density at radius 3 is 2.35 bits per heavy atom. The normalized spacial score (nSPS) is 11.1. The molecule has 0 saturated carbocycles. The lowest BCUT2D eigenvalue weighted by Crippen LogP contribution is -2.44. The molecule has 5 heteroatoms. The zero-order valence-corrected chi connectivity index (χ0v) is 13.2. The van der Waals surface area contributed by atoms with Crippen molar-refractivity contribution in [2.45, 2.75) is 33.2 Å². The summed E-state index contributed by atoms with van der Waals surface area (Å²) in [6.45, 7) is 8.59. The van der Waals surface area contributed by atoms with Crippen LogP contribution in [0.4, 0.5) is 0 Å². The summed E-state index contributed by atoms with van der Waals surface area (Å²) < 4.78 is 11.0. The first kappa shape index (κ1) is 16.6. The highest BCUT2D eigenvalue weighted by Gasteiger charge is 2.20. The van der Waals surface area contributed by atoms with Gasteiger partial charge in [0.05, 0.1) is 13.2 Å². The molecule has 0 bridgehead atoms. The van der Waals surface area contributed by atoms with Crippen molar-refractivity contribution in [2.75, 3.05) is 19.1 Å². The van der Waals surface area contributed by atoms with Crippen LogP contribution in [0.25, 0.3) is 0 Å². The molecule has 1 N–H and O–H groups in total. The van der Waals surface area contributed by atoms with Crippen molar-refractivity contribution < 1.29 is 14.3 Å². The van der Waals surface area contributed by atoms with Gasteiger partial charge in [-0.05, 0) is 45.9 Å². The van der Waals surface area contributed by atoms with Gasteiger partial charge in [-0.2, -0.15) is 0 Å². The van der Waals surface area contributed by atoms with E-state index >= 15 is 0 Å². The third-order valence-corrected chi connectivity index (χ3v) is 3.26. The fraction of sp³-hybridized carbons (Fsp3) is 0.533. The Kier molecular flexibility index (Phi) is 6.14. The molecular formula is C15H22ClNO3. The quantitative estimate of drug-likeness (QED) is 0.786. The molecule has 1 aromatic carbocycles. The molecule has 0 radical (unpaired) electrons. The lowest BCUT2D eigenvalue weighted by molar-refractivity contribution is 0.0920. The third kappa shape index (κ3) is 4.60. The molecule has 112 valence electrons. The zero-order valence-electron chi connectivity index (χ0n) is 12.5. The number of hydrogen-bond donors (Lipinski definition) is 1. The van der Waals surface area contributed by atoms with Gasteiger partial charge < -0.3 is 14.8 Å². The van der Waals surface area contributed by atoms with E-state index in [0.29, 0.717) is 36.2 Å². The Labute approximate surface area is 125 Å². The van der Waals surface area contributed by atoms with E-state index in [4.69, 9.17) is 21.1 Å². The van der Waals surface area contributed by atoms with Gasteiger partial charge >= 0.3 is 0 Å². The molecule has 20 heavy (non-hydrogen) atoms. The summed E-state index contributed by atoms with van der Waals surface area (Å²) in [4.78, 5) is 12.2. The highest BCUT2D eigenvalue weighted by molar-refractivity contribution is 6.18. The molecule has 1 aromatic rings. The average molecular weight is 300 g/mol. The zero-order chi connectivity index (χ0) is 15.2. The Balaban J connectivity index is 2.96. The summed E-state index contributed by atoms with van der Waals surface area (Å²) >= 11 is 5.81. The third-order valence-electron chi connectivity index (χ3n) is 2.59. The van der Waals surface area contributed by atoms with Crippen LogP contribution in [0.5, 0.6) is 11.5 Å². The largest absolute Gasteiger partial charge is 0.490 e. The minimum Gasteiger partial charge on any atom is -0.490 e. The standard InChI is InChI=1S/C15H22ClNO3/c1-5-19-12-8-7-11(9-13(12)20-6-2)14(18)17-15(3,4)10-16/h7-9H,5-6,10H2,1-4H3,(H,17,18). The molecule has 0 aliphatic rings. The second-order valence-corrected chi connectivity index (χ2v) is 5.27. The number of carbonyl (C=O) groups excluding carboxylic acids is 1. The monoisotopic (exact) mass is 299 g/mol. The van der Waals surface area contributed by atoms with Crippen LogP contribution >= 0.6 is 11.6 Å². The summed E-state index contributed by atoms with van der Waals surface area (Å²) in [5.41, 5.74) is 0.0679. The number of ether oxygens (including phenoxy) is 2. The van der Waals surface area contributed by atoms with E-state index in [9.17, 15) is 4.79 Å². The van der Waals surface area contributed by atoms with Gasteiger partial charge in [-0.25, -0.2) is 0 Å². The smallest absolute Gasteiger partial charge is 0.251 e. The molecule has 0 unspecified atom stereocenters. The molecule has 0 fully saturated rings. The van der Waals surface area contributed by atoms with Crippen molar-refractivity contribution in [3.05, 3.63) is 23.8 Å². The summed E-state index contributed by atoms with van der Waals surface area (Å²) in [5.74, 6) is 1.38. The van der Waals surface area contributed by atoms with E-state index in [1.165, 1.54) is 0 Å². The minimum atomic E-state index is -0.455. The molecule has 1 rings (SSSR count). The first-order chi connectivity index (χ1) is 9.43. The fourth-order valence-electron chi connectivity index (χ4n) is 1.61. The first-order valence-corrected chi connectivity index (χ1v) is 7.25. The van der Waals surface area contributed by atoms with Crippen LogP contribution in [-0.2, 0) is 0 Å². The van der Waals surface area contributed by atoms with Crippen LogP contribution in [0.15, 0.2) is 18.2 Å². The summed E-state index contributed by atoms with van der Waals surface area (Å²) in [5, 5.41) is 2.88. The predicted octanol–water partition coefficient (Wildman–Crippen LogP) is 3.23. The van der Waals surface area contributed by atoms with E-state index < -0.39 is 5.54 Å². The van der Waals surface area contributed by atoms with Gasteiger partial charge in [0.15, 0.2) is 11.5 Å². The Morgan fingerprint density at radius 1 is 1.20 bits per heavy atom. The van der Waals surface area contributed by atoms with Crippen LogP contribution < -0.4 is 14.8 Å². The van der Waals surface area contributed by atoms with Crippen molar-refractivity contribution in [3.8, 4) is 11.5 Å². The molecule has 1 amide bonds. The van der Waals surface area contributed by atoms with Gasteiger partial charge in [0.1, 0.15) is 0 Å². The van der Waals surface area contributed by atoms with Crippen LogP contribution in [0.1, 0.15) is 38.1 Å². The SMILES string of the molecule is CCOc1ccc(C(=O)NC(C)(C)CCl)cc1OCC. The van der Waals surface area contributed by atoms with Crippen LogP contribution in [0.3, 0.4) is 0 Å². The molecule has 0 spiro atoms. The molecule has 0 atom stereocenters. The lowest BCUT2D eigenvalue weighted by atomic mass is 10.1. The maximum Gasteiger partial charge on any atom is 0.251 e. The predicted molar refractivity (Wildman–Crippen MR) is 81.0 cm³/mol. The second-order valence-electron chi connectivity index (χ2n) is 5.00. The number of nitrogens with one attached hydrogen (secondary N) is 1. The van der Waals surface area contributed by atoms with Crippen LogP contribution in [0.2, 0.25) is 0 Å². The Bertz CT molecular complexity index is 460. The molecular weight excluding hydrogens is 278 g/mol. The second kappa shape index (κ2) is 7.39. The summed E-state index contributed by atoms with van der Waals surface area (Å²) in [6.07, 6.45) is 0. The van der Waals surface area contributed by atoms with Gasteiger partial charge in [0.2, 0.25) is 0 Å². The van der Waals surface area contributed by atoms with Gasteiger partial charge in [0.25, 0.3) is 5.91 Å². The number of halogens is 1. The van der Waals surface area contributed by atoms with Gasteiger partial charge in [0, 0.05) is 17.0 Å². The number of benzene rings is 1. The van der Waals surface area contributed by atoms with E-state index in [0.717, 1.165) is 0 Å². The minimum absolute atomic E-state index is 0.181. The number of amides is 1. The highest BCUT2D eigenvalue weighted by atomic mass is 35.5. The van der Waals surface area contributed by atoms with Crippen LogP contribution in [-0.4, -0.2) is 30.5 Å². The highest BCUT2D eigenvalue weighted by Crippen LogP contribution is 2.28. The van der Waals surface area contributed by atoms with Crippen LogP contribution in [0, 0.1) is 0 Å². The van der Waals surface area contributed by atoms with Gasteiger partial charge in [-0.15, -0.1) is 11.6 Å². The number of hydrogen-bond acceptors (Lipinski definition) is 3. The van der Waals surface area contributed by atoms with Crippen molar-refractivity contribution in [1.82, 2.24) is 5.32 Å². The molecule has 0 aliphatic heterocycles. The fourth-order valence-corrected chi connectivity index (χ4v) is 1.67. The summed E-state index contributed by atoms with van der Waals surface area (Å²) in [6, 6.07) is 5.15. The molecule has 0 aliphatic carbocycles. The van der Waals surface area contributed by atoms with E-state index in [1.54, 1.807) is 18.2 Å². The lowest BCUT2D eigenvalue weighted by Gasteiger charge is -2.23. The van der Waals surface area contributed by atoms with E-state index in [1.807, 2.05) is 27.7 Å². The topological polar surface area (TPSA) is 47.6 Å². The Morgan fingerprint density at radius 2 is 1.80 bits per heavy atom. The van der Waals surface area contributed by atoms with Gasteiger partial charge in [-0.3, -0.25) is 4.79 Å². The van der Waals surface area contributed by atoms with Crippen molar-refractivity contribution in [3.63, 3.8) is 0 Å². The average Bonchev–Trinajstić information content (AvgIpc) is 2.40. The van der Waals surface area contributed by atoms with Crippen molar-refractivity contribution in [1.29, 1.82) is 0 Å². The first-order valence-electron chi connectivity index (χ1n) is 6.71. The Hall–Kier alpha value is -1.42. The van der Waals surface area contributed by atoms with E-state index in [-0.39, 0.29) is 5.91 Å². The van der Waals surface area contributed by atoms with Gasteiger partial charge in [-0.1, -0.05) is 0 Å². The molecule has 0 saturated heterocycles. The molecule has 0 heterocycles. The van der Waals surface area contributed by atoms with E-state index in [2.05, 4.69) is 5.32 Å². The number of carbonyl (C=O) groups is 1. The van der Waals surface area contributed by atoms with Crippen molar-refractivity contribution in [2.24, 2.45) is 0 Å². The molecule has 0 aromatic heterocycles. The maximum atomic E-state index is 12.2. The maximum absolute atomic E-state index is 12.2. The van der Waals surface area contributed by atoms with Crippen molar-refractivity contribution >= 4 is 17.5 Å². The number of alkyl halides is 1. The number of rotatable bonds is 7. The molecule has 4 nitrogen and oxygen atoms in total.